The van der Waals surface area contributed by atoms with Crippen molar-refractivity contribution in [2.75, 3.05) is 13.7 Å². The second-order valence-electron chi connectivity index (χ2n) is 3.97. The van der Waals surface area contributed by atoms with Crippen molar-refractivity contribution in [2.45, 2.75) is 57.6 Å². The van der Waals surface area contributed by atoms with Crippen molar-refractivity contribution in [1.29, 1.82) is 0 Å². The van der Waals surface area contributed by atoms with E-state index in [4.69, 9.17) is 4.74 Å². The quantitative estimate of drug-likeness (QED) is 0.664. The predicted molar refractivity (Wildman–Crippen MR) is 56.0 cm³/mol. The van der Waals surface area contributed by atoms with Crippen LogP contribution < -0.4 is 5.32 Å². The number of hydrogen-bond acceptors (Lipinski definition) is 2. The fourth-order valence-electron chi connectivity index (χ4n) is 2.08. The van der Waals surface area contributed by atoms with Gasteiger partial charge in [0.1, 0.15) is 0 Å². The lowest BCUT2D eigenvalue weighted by atomic mass is 9.92. The van der Waals surface area contributed by atoms with Crippen LogP contribution >= 0.6 is 0 Å². The van der Waals surface area contributed by atoms with Gasteiger partial charge in [-0.2, -0.15) is 0 Å². The second kappa shape index (κ2) is 6.39. The van der Waals surface area contributed by atoms with Crippen LogP contribution in [0.2, 0.25) is 0 Å². The van der Waals surface area contributed by atoms with Gasteiger partial charge in [0.05, 0.1) is 6.10 Å². The topological polar surface area (TPSA) is 21.3 Å². The van der Waals surface area contributed by atoms with Crippen LogP contribution in [-0.2, 0) is 4.74 Å². The third-order valence-electron chi connectivity index (χ3n) is 2.94. The highest BCUT2D eigenvalue weighted by Crippen LogP contribution is 2.20. The van der Waals surface area contributed by atoms with Gasteiger partial charge in [0.15, 0.2) is 0 Å². The summed E-state index contributed by atoms with van der Waals surface area (Å²) in [5.41, 5.74) is 0. The first-order valence-corrected chi connectivity index (χ1v) is 5.64. The maximum atomic E-state index is 5.47. The Morgan fingerprint density at radius 2 is 2.08 bits per heavy atom. The van der Waals surface area contributed by atoms with E-state index in [1.54, 1.807) is 0 Å². The zero-order valence-corrected chi connectivity index (χ0v) is 9.01. The lowest BCUT2D eigenvalue weighted by Gasteiger charge is -2.31. The molecule has 0 heterocycles. The Bertz CT molecular complexity index is 127. The van der Waals surface area contributed by atoms with Crippen molar-refractivity contribution in [3.8, 4) is 0 Å². The first-order valence-electron chi connectivity index (χ1n) is 5.64. The molecule has 0 aliphatic heterocycles. The fourth-order valence-corrected chi connectivity index (χ4v) is 2.08. The molecule has 13 heavy (non-hydrogen) atoms. The van der Waals surface area contributed by atoms with E-state index in [0.717, 1.165) is 6.54 Å². The number of hydrogen-bond donors (Lipinski definition) is 1. The van der Waals surface area contributed by atoms with Gasteiger partial charge in [-0.3, -0.25) is 0 Å². The summed E-state index contributed by atoms with van der Waals surface area (Å²) in [6.45, 7) is 3.39. The van der Waals surface area contributed by atoms with Crippen molar-refractivity contribution in [3.05, 3.63) is 0 Å². The normalized spacial score (nSPS) is 29.1. The van der Waals surface area contributed by atoms with E-state index < -0.39 is 0 Å². The summed E-state index contributed by atoms with van der Waals surface area (Å²) < 4.78 is 5.47. The van der Waals surface area contributed by atoms with Crippen molar-refractivity contribution in [1.82, 2.24) is 5.32 Å². The Morgan fingerprint density at radius 3 is 2.77 bits per heavy atom. The number of methoxy groups -OCH3 is 1. The molecule has 0 radical (unpaired) electrons. The SMILES string of the molecule is CCCCNC1CCCC[C@@H]1OC. The van der Waals surface area contributed by atoms with Crippen LogP contribution in [0.3, 0.4) is 0 Å². The highest BCUT2D eigenvalue weighted by atomic mass is 16.5. The van der Waals surface area contributed by atoms with Gasteiger partial charge >= 0.3 is 0 Å². The first kappa shape index (κ1) is 11.0. The number of unbranched alkanes of at least 4 members (excludes halogenated alkanes) is 1. The van der Waals surface area contributed by atoms with Crippen molar-refractivity contribution < 1.29 is 4.74 Å². The molecule has 2 heteroatoms. The third kappa shape index (κ3) is 3.65. The van der Waals surface area contributed by atoms with E-state index in [-0.39, 0.29) is 0 Å². The van der Waals surface area contributed by atoms with Gasteiger partial charge in [-0.15, -0.1) is 0 Å². The standard InChI is InChI=1S/C11H23NO/c1-3-4-9-12-10-7-5-6-8-11(10)13-2/h10-12H,3-9H2,1-2H3/t10?,11-/m0/s1. The minimum absolute atomic E-state index is 0.464. The lowest BCUT2D eigenvalue weighted by Crippen LogP contribution is -2.43. The molecule has 1 rings (SSSR count). The average molecular weight is 185 g/mol. The van der Waals surface area contributed by atoms with E-state index in [0.29, 0.717) is 12.1 Å². The molecule has 0 aromatic rings. The van der Waals surface area contributed by atoms with Crippen LogP contribution in [0.4, 0.5) is 0 Å². The Kier molecular flexibility index (Phi) is 5.40. The zero-order valence-electron chi connectivity index (χ0n) is 9.01. The summed E-state index contributed by atoms with van der Waals surface area (Å²) >= 11 is 0. The number of nitrogens with one attached hydrogen (secondary N) is 1. The second-order valence-corrected chi connectivity index (χ2v) is 3.97. The fraction of sp³-hybridized carbons (Fsp3) is 1.00. The third-order valence-corrected chi connectivity index (χ3v) is 2.94. The summed E-state index contributed by atoms with van der Waals surface area (Å²) in [7, 11) is 1.84. The van der Waals surface area contributed by atoms with Gasteiger partial charge < -0.3 is 10.1 Å². The molecule has 1 saturated carbocycles. The van der Waals surface area contributed by atoms with E-state index >= 15 is 0 Å². The van der Waals surface area contributed by atoms with Gasteiger partial charge in [-0.25, -0.2) is 0 Å². The van der Waals surface area contributed by atoms with Crippen molar-refractivity contribution in [2.24, 2.45) is 0 Å². The molecular formula is C11H23NO. The minimum Gasteiger partial charge on any atom is -0.380 e. The molecule has 1 unspecified atom stereocenters. The summed E-state index contributed by atoms with van der Waals surface area (Å²) in [5.74, 6) is 0. The minimum atomic E-state index is 0.464. The molecule has 0 bridgehead atoms. The predicted octanol–water partition coefficient (Wildman–Crippen LogP) is 2.33. The lowest BCUT2D eigenvalue weighted by molar-refractivity contribution is 0.0419. The Morgan fingerprint density at radius 1 is 1.31 bits per heavy atom. The smallest absolute Gasteiger partial charge is 0.0724 e. The molecule has 0 aromatic carbocycles. The Balaban J connectivity index is 2.19. The maximum absolute atomic E-state index is 5.47. The molecule has 2 nitrogen and oxygen atoms in total. The molecule has 0 spiro atoms. The van der Waals surface area contributed by atoms with Crippen LogP contribution in [0.1, 0.15) is 45.4 Å². The molecule has 1 N–H and O–H groups in total. The molecule has 0 amide bonds. The Labute approximate surface area is 82.0 Å². The number of ether oxygens (including phenoxy) is 1. The molecular weight excluding hydrogens is 162 g/mol. The Hall–Kier alpha value is -0.0800. The van der Waals surface area contributed by atoms with Crippen LogP contribution in [-0.4, -0.2) is 25.8 Å². The molecule has 78 valence electrons. The molecule has 1 fully saturated rings. The van der Waals surface area contributed by atoms with Gasteiger partial charge in [0.2, 0.25) is 0 Å². The summed E-state index contributed by atoms with van der Waals surface area (Å²) in [4.78, 5) is 0. The van der Waals surface area contributed by atoms with Crippen LogP contribution in [0.5, 0.6) is 0 Å². The van der Waals surface area contributed by atoms with Crippen LogP contribution in [0.25, 0.3) is 0 Å². The highest BCUT2D eigenvalue weighted by molar-refractivity contribution is 4.81. The van der Waals surface area contributed by atoms with Gasteiger partial charge in [-0.1, -0.05) is 26.2 Å². The molecule has 1 aliphatic rings. The van der Waals surface area contributed by atoms with Crippen LogP contribution in [0, 0.1) is 0 Å². The van der Waals surface area contributed by atoms with E-state index in [9.17, 15) is 0 Å². The van der Waals surface area contributed by atoms with E-state index in [1.807, 2.05) is 7.11 Å². The highest BCUT2D eigenvalue weighted by Gasteiger charge is 2.23. The largest absolute Gasteiger partial charge is 0.380 e. The van der Waals surface area contributed by atoms with Crippen molar-refractivity contribution in [3.63, 3.8) is 0 Å². The average Bonchev–Trinajstić information content (AvgIpc) is 2.19. The van der Waals surface area contributed by atoms with Crippen LogP contribution in [0.15, 0.2) is 0 Å². The van der Waals surface area contributed by atoms with Gasteiger partial charge in [0.25, 0.3) is 0 Å². The maximum Gasteiger partial charge on any atom is 0.0724 e. The molecule has 2 atom stereocenters. The summed E-state index contributed by atoms with van der Waals surface area (Å²) in [6.07, 6.45) is 8.26. The molecule has 0 aromatic heterocycles. The van der Waals surface area contributed by atoms with E-state index in [1.165, 1.54) is 38.5 Å². The van der Waals surface area contributed by atoms with Crippen molar-refractivity contribution >= 4 is 0 Å². The van der Waals surface area contributed by atoms with E-state index in [2.05, 4.69) is 12.2 Å². The molecule has 1 aliphatic carbocycles. The molecule has 0 saturated heterocycles. The van der Waals surface area contributed by atoms with Gasteiger partial charge in [0, 0.05) is 13.2 Å². The summed E-state index contributed by atoms with van der Waals surface area (Å²) in [5, 5.41) is 3.60. The summed E-state index contributed by atoms with van der Waals surface area (Å²) in [6, 6.07) is 0.616. The number of rotatable bonds is 5. The van der Waals surface area contributed by atoms with Gasteiger partial charge in [-0.05, 0) is 25.8 Å². The monoisotopic (exact) mass is 185 g/mol. The zero-order chi connectivity index (χ0) is 9.52. The first-order chi connectivity index (χ1) is 6.38.